The van der Waals surface area contributed by atoms with E-state index in [0.29, 0.717) is 12.0 Å². The maximum absolute atomic E-state index is 5.96. The summed E-state index contributed by atoms with van der Waals surface area (Å²) in [6, 6.07) is 3.74. The summed E-state index contributed by atoms with van der Waals surface area (Å²) in [5.74, 6) is 0.653. The molecule has 94 valence electrons. The molecule has 0 bridgehead atoms. The molecule has 1 aromatic rings. The van der Waals surface area contributed by atoms with Crippen molar-refractivity contribution in [1.82, 2.24) is 4.90 Å². The first-order chi connectivity index (χ1) is 8.20. The van der Waals surface area contributed by atoms with Crippen LogP contribution in [-0.2, 0) is 0 Å². The van der Waals surface area contributed by atoms with E-state index in [4.69, 9.17) is 5.73 Å². The third-order valence-corrected chi connectivity index (χ3v) is 6.26. The van der Waals surface area contributed by atoms with Gasteiger partial charge in [0.2, 0.25) is 0 Å². The smallest absolute Gasteiger partial charge is 0.0485 e. The molecule has 1 saturated carbocycles. The van der Waals surface area contributed by atoms with Crippen molar-refractivity contribution in [2.24, 2.45) is 11.7 Å². The zero-order valence-corrected chi connectivity index (χ0v) is 12.6. The second-order valence-corrected chi connectivity index (χ2v) is 7.39. The molecule has 2 aliphatic rings. The zero-order chi connectivity index (χ0) is 12.0. The summed E-state index contributed by atoms with van der Waals surface area (Å²) >= 11 is 5.57. The minimum Gasteiger partial charge on any atom is -0.330 e. The quantitative estimate of drug-likeness (QED) is 0.927. The third kappa shape index (κ3) is 2.21. The summed E-state index contributed by atoms with van der Waals surface area (Å²) in [5.41, 5.74) is 5.96. The molecule has 2 fully saturated rings. The second-order valence-electron chi connectivity index (χ2n) is 5.25. The number of nitrogens with zero attached hydrogens (tertiary/aromatic N) is 1. The molecule has 0 spiro atoms. The van der Waals surface area contributed by atoms with Gasteiger partial charge in [0.05, 0.1) is 0 Å². The van der Waals surface area contributed by atoms with Crippen LogP contribution in [-0.4, -0.2) is 24.0 Å². The minimum absolute atomic E-state index is 0.586. The molecule has 1 aromatic heterocycles. The Morgan fingerprint density at radius 1 is 1.47 bits per heavy atom. The first kappa shape index (κ1) is 12.2. The minimum atomic E-state index is 0.586. The van der Waals surface area contributed by atoms with Gasteiger partial charge >= 0.3 is 0 Å². The van der Waals surface area contributed by atoms with Crippen molar-refractivity contribution in [3.63, 3.8) is 0 Å². The Morgan fingerprint density at radius 3 is 2.76 bits per heavy atom. The van der Waals surface area contributed by atoms with Crippen LogP contribution >= 0.6 is 27.3 Å². The van der Waals surface area contributed by atoms with E-state index in [1.807, 2.05) is 11.3 Å². The average Bonchev–Trinajstić information content (AvgIpc) is 2.98. The molecule has 0 aromatic carbocycles. The summed E-state index contributed by atoms with van der Waals surface area (Å²) in [7, 11) is 0. The van der Waals surface area contributed by atoms with Crippen LogP contribution in [0, 0.1) is 12.8 Å². The van der Waals surface area contributed by atoms with Gasteiger partial charge in [-0.2, -0.15) is 0 Å². The van der Waals surface area contributed by atoms with E-state index in [0.717, 1.165) is 12.6 Å². The van der Waals surface area contributed by atoms with Crippen molar-refractivity contribution in [1.29, 1.82) is 0 Å². The molecule has 1 aliphatic carbocycles. The van der Waals surface area contributed by atoms with Crippen molar-refractivity contribution in [2.45, 2.75) is 38.3 Å². The van der Waals surface area contributed by atoms with Gasteiger partial charge in [0.25, 0.3) is 0 Å². The van der Waals surface area contributed by atoms with Crippen LogP contribution in [0.1, 0.15) is 35.1 Å². The van der Waals surface area contributed by atoms with Crippen LogP contribution in [0.4, 0.5) is 0 Å². The zero-order valence-electron chi connectivity index (χ0n) is 10.2. The number of hydrogen-bond donors (Lipinski definition) is 1. The largest absolute Gasteiger partial charge is 0.330 e. The fourth-order valence-corrected chi connectivity index (χ4v) is 4.74. The maximum Gasteiger partial charge on any atom is 0.0485 e. The third-order valence-electron chi connectivity index (χ3n) is 4.05. The molecule has 0 radical (unpaired) electrons. The highest BCUT2D eigenvalue weighted by Crippen LogP contribution is 2.46. The lowest BCUT2D eigenvalue weighted by Crippen LogP contribution is -2.29. The van der Waals surface area contributed by atoms with E-state index in [9.17, 15) is 0 Å². The Kier molecular flexibility index (Phi) is 3.32. The standard InChI is InChI=1S/C13H19BrN2S/c1-8-11(14)6-12(17-8)13-9(7-15)4-5-16(13)10-2-3-10/h6,9-10,13H,2-5,7,15H2,1H3. The molecular formula is C13H19BrN2S. The fourth-order valence-electron chi connectivity index (χ4n) is 2.97. The molecular weight excluding hydrogens is 296 g/mol. The van der Waals surface area contributed by atoms with E-state index in [2.05, 4.69) is 33.8 Å². The number of thiophene rings is 1. The summed E-state index contributed by atoms with van der Waals surface area (Å²) in [4.78, 5) is 5.60. The van der Waals surface area contributed by atoms with Gasteiger partial charge in [0, 0.05) is 26.3 Å². The van der Waals surface area contributed by atoms with E-state index >= 15 is 0 Å². The summed E-state index contributed by atoms with van der Waals surface area (Å²) in [5, 5.41) is 0. The van der Waals surface area contributed by atoms with Gasteiger partial charge in [-0.3, -0.25) is 4.90 Å². The summed E-state index contributed by atoms with van der Waals surface area (Å²) in [6.07, 6.45) is 4.05. The Bertz CT molecular complexity index is 394. The first-order valence-electron chi connectivity index (χ1n) is 6.42. The molecule has 0 amide bonds. The van der Waals surface area contributed by atoms with Gasteiger partial charge in [-0.25, -0.2) is 0 Å². The van der Waals surface area contributed by atoms with E-state index in [-0.39, 0.29) is 0 Å². The van der Waals surface area contributed by atoms with Gasteiger partial charge in [-0.1, -0.05) is 0 Å². The van der Waals surface area contributed by atoms with Crippen LogP contribution in [0.25, 0.3) is 0 Å². The van der Waals surface area contributed by atoms with E-state index in [1.54, 1.807) is 0 Å². The van der Waals surface area contributed by atoms with Crippen molar-refractivity contribution in [3.05, 3.63) is 20.3 Å². The van der Waals surface area contributed by atoms with Crippen LogP contribution in [0.2, 0.25) is 0 Å². The molecule has 1 aliphatic heterocycles. The number of halogens is 1. The van der Waals surface area contributed by atoms with Gasteiger partial charge in [0.15, 0.2) is 0 Å². The topological polar surface area (TPSA) is 29.3 Å². The highest BCUT2D eigenvalue weighted by Gasteiger charge is 2.42. The number of hydrogen-bond acceptors (Lipinski definition) is 3. The van der Waals surface area contributed by atoms with Gasteiger partial charge < -0.3 is 5.73 Å². The molecule has 4 heteroatoms. The fraction of sp³-hybridized carbons (Fsp3) is 0.692. The average molecular weight is 315 g/mol. The normalized spacial score (nSPS) is 30.1. The van der Waals surface area contributed by atoms with Crippen LogP contribution in [0.15, 0.2) is 10.5 Å². The van der Waals surface area contributed by atoms with Crippen LogP contribution < -0.4 is 5.73 Å². The Balaban J connectivity index is 1.90. The summed E-state index contributed by atoms with van der Waals surface area (Å²) < 4.78 is 1.26. The summed E-state index contributed by atoms with van der Waals surface area (Å²) in [6.45, 7) is 4.25. The number of likely N-dealkylation sites (tertiary alicyclic amines) is 1. The highest BCUT2D eigenvalue weighted by molar-refractivity contribution is 9.10. The number of aryl methyl sites for hydroxylation is 1. The Hall–Kier alpha value is 0.100. The molecule has 2 nitrogen and oxygen atoms in total. The van der Waals surface area contributed by atoms with Gasteiger partial charge in [-0.15, -0.1) is 11.3 Å². The Morgan fingerprint density at radius 2 is 2.24 bits per heavy atom. The van der Waals surface area contributed by atoms with Crippen LogP contribution in [0.5, 0.6) is 0 Å². The van der Waals surface area contributed by atoms with Crippen molar-refractivity contribution >= 4 is 27.3 Å². The molecule has 17 heavy (non-hydrogen) atoms. The van der Waals surface area contributed by atoms with Crippen molar-refractivity contribution in [2.75, 3.05) is 13.1 Å². The van der Waals surface area contributed by atoms with Crippen LogP contribution in [0.3, 0.4) is 0 Å². The van der Waals surface area contributed by atoms with Crippen molar-refractivity contribution < 1.29 is 0 Å². The molecule has 2 atom stereocenters. The van der Waals surface area contributed by atoms with Crippen molar-refractivity contribution in [3.8, 4) is 0 Å². The van der Waals surface area contributed by atoms with E-state index < -0.39 is 0 Å². The number of rotatable bonds is 3. The molecule has 2 heterocycles. The molecule has 3 rings (SSSR count). The number of nitrogens with two attached hydrogens (primary N) is 1. The highest BCUT2D eigenvalue weighted by atomic mass is 79.9. The lowest BCUT2D eigenvalue weighted by molar-refractivity contribution is 0.224. The predicted octanol–water partition coefficient (Wildman–Crippen LogP) is 3.30. The van der Waals surface area contributed by atoms with E-state index in [1.165, 1.54) is 40.0 Å². The molecule has 1 saturated heterocycles. The monoisotopic (exact) mass is 314 g/mol. The lowest BCUT2D eigenvalue weighted by Gasteiger charge is -2.26. The molecule has 2 N–H and O–H groups in total. The maximum atomic E-state index is 5.96. The SMILES string of the molecule is Cc1sc(C2C(CN)CCN2C2CC2)cc1Br. The molecule has 2 unspecified atom stereocenters. The van der Waals surface area contributed by atoms with Gasteiger partial charge in [-0.05, 0) is 67.2 Å². The van der Waals surface area contributed by atoms with Gasteiger partial charge in [0.1, 0.15) is 0 Å². The lowest BCUT2D eigenvalue weighted by atomic mass is 9.99. The predicted molar refractivity (Wildman–Crippen MR) is 76.4 cm³/mol. The Labute approximate surface area is 115 Å². The first-order valence-corrected chi connectivity index (χ1v) is 8.03. The second kappa shape index (κ2) is 4.65.